The summed E-state index contributed by atoms with van der Waals surface area (Å²) in [6.07, 6.45) is 1.04. The Labute approximate surface area is 152 Å². The Kier molecular flexibility index (Phi) is 9.26. The van der Waals surface area contributed by atoms with Crippen LogP contribution in [0.4, 0.5) is 0 Å². The molecule has 0 unspecified atom stereocenters. The van der Waals surface area contributed by atoms with Crippen LogP contribution in [0.1, 0.15) is 17.5 Å². The number of carboxylic acid groups (broad SMARTS) is 2. The lowest BCUT2D eigenvalue weighted by Gasteiger charge is -2.26. The van der Waals surface area contributed by atoms with Crippen molar-refractivity contribution in [2.75, 3.05) is 39.5 Å². The van der Waals surface area contributed by atoms with Crippen LogP contribution in [0.2, 0.25) is 5.02 Å². The number of carbonyl (C=O) groups is 2. The van der Waals surface area contributed by atoms with Gasteiger partial charge in [-0.2, -0.15) is 0 Å². The highest BCUT2D eigenvalue weighted by atomic mass is 35.5. The maximum Gasteiger partial charge on any atom is 0.414 e. The largest absolute Gasteiger partial charge is 0.493 e. The molecule has 0 saturated carbocycles. The van der Waals surface area contributed by atoms with Gasteiger partial charge in [0.05, 0.1) is 19.8 Å². The number of rotatable bonds is 5. The molecule has 1 aromatic carbocycles. The number of aliphatic carboxylic acids is 2. The maximum atomic E-state index is 9.10. The van der Waals surface area contributed by atoms with Gasteiger partial charge >= 0.3 is 11.9 Å². The van der Waals surface area contributed by atoms with Crippen molar-refractivity contribution in [3.63, 3.8) is 0 Å². The molecular weight excluding hydrogens is 350 g/mol. The van der Waals surface area contributed by atoms with Crippen molar-refractivity contribution in [1.29, 1.82) is 0 Å². The van der Waals surface area contributed by atoms with Gasteiger partial charge in [0, 0.05) is 24.7 Å². The number of hydrogen-bond acceptors (Lipinski definition) is 5. The summed E-state index contributed by atoms with van der Waals surface area (Å²) in [6, 6.07) is 3.90. The van der Waals surface area contributed by atoms with Crippen molar-refractivity contribution in [2.45, 2.75) is 20.3 Å². The van der Waals surface area contributed by atoms with Gasteiger partial charge in [0.15, 0.2) is 0 Å². The quantitative estimate of drug-likeness (QED) is 0.603. The van der Waals surface area contributed by atoms with Gasteiger partial charge in [-0.3, -0.25) is 4.90 Å². The first-order valence-electron chi connectivity index (χ1n) is 7.97. The summed E-state index contributed by atoms with van der Waals surface area (Å²) < 4.78 is 11.2. The Hall–Kier alpha value is -1.83. The standard InChI is InChI=1S/C15H22ClNO2.C2H2O4/c1-12-10-14(16)11-13(2)15(12)19-7-3-4-17-5-8-18-9-6-17;3-1(4)2(5)6/h10-11H,3-9H2,1-2H3;(H,3,4)(H,5,6). The topological polar surface area (TPSA) is 96.3 Å². The lowest BCUT2D eigenvalue weighted by molar-refractivity contribution is -0.159. The average molecular weight is 374 g/mol. The highest BCUT2D eigenvalue weighted by molar-refractivity contribution is 6.30. The second-order valence-electron chi connectivity index (χ2n) is 5.64. The molecule has 140 valence electrons. The minimum absolute atomic E-state index is 0.751. The molecule has 1 fully saturated rings. The Morgan fingerprint density at radius 1 is 1.16 bits per heavy atom. The number of ether oxygens (including phenoxy) is 2. The van der Waals surface area contributed by atoms with Gasteiger partial charge in [-0.1, -0.05) is 11.6 Å². The van der Waals surface area contributed by atoms with E-state index in [0.29, 0.717) is 0 Å². The maximum absolute atomic E-state index is 9.10. The zero-order valence-electron chi connectivity index (χ0n) is 14.5. The Bertz CT molecular complexity index is 551. The lowest BCUT2D eigenvalue weighted by Crippen LogP contribution is -2.37. The van der Waals surface area contributed by atoms with Crippen molar-refractivity contribution >= 4 is 23.5 Å². The average Bonchev–Trinajstić information content (AvgIpc) is 2.54. The van der Waals surface area contributed by atoms with Crippen LogP contribution >= 0.6 is 11.6 Å². The first-order valence-corrected chi connectivity index (χ1v) is 8.35. The number of benzene rings is 1. The van der Waals surface area contributed by atoms with Gasteiger partial charge in [-0.05, 0) is 43.5 Å². The summed E-state index contributed by atoms with van der Waals surface area (Å²) in [4.78, 5) is 20.6. The predicted molar refractivity (Wildman–Crippen MR) is 93.6 cm³/mol. The highest BCUT2D eigenvalue weighted by Gasteiger charge is 2.10. The SMILES string of the molecule is Cc1cc(Cl)cc(C)c1OCCCN1CCOCC1.O=C(O)C(=O)O. The van der Waals surface area contributed by atoms with Crippen molar-refractivity contribution < 1.29 is 29.3 Å². The molecule has 8 heteroatoms. The van der Waals surface area contributed by atoms with Crippen LogP contribution in [0.5, 0.6) is 5.75 Å². The third-order valence-electron chi connectivity index (χ3n) is 3.58. The number of halogens is 1. The summed E-state index contributed by atoms with van der Waals surface area (Å²) in [5.41, 5.74) is 2.22. The van der Waals surface area contributed by atoms with E-state index in [-0.39, 0.29) is 0 Å². The van der Waals surface area contributed by atoms with Crippen LogP contribution in [0.3, 0.4) is 0 Å². The predicted octanol–water partition coefficient (Wildman–Crippen LogP) is 2.21. The number of carboxylic acids is 2. The molecule has 2 rings (SSSR count). The molecule has 1 saturated heterocycles. The highest BCUT2D eigenvalue weighted by Crippen LogP contribution is 2.27. The minimum atomic E-state index is -1.82. The molecule has 0 radical (unpaired) electrons. The smallest absolute Gasteiger partial charge is 0.414 e. The third-order valence-corrected chi connectivity index (χ3v) is 3.80. The molecule has 0 spiro atoms. The molecule has 1 aromatic rings. The van der Waals surface area contributed by atoms with Gasteiger partial charge < -0.3 is 19.7 Å². The number of aryl methyl sites for hydroxylation is 2. The number of nitrogens with zero attached hydrogens (tertiary/aromatic N) is 1. The van der Waals surface area contributed by atoms with E-state index in [9.17, 15) is 0 Å². The van der Waals surface area contributed by atoms with E-state index in [4.69, 9.17) is 40.9 Å². The Morgan fingerprint density at radius 2 is 1.68 bits per heavy atom. The third kappa shape index (κ3) is 8.20. The lowest BCUT2D eigenvalue weighted by atomic mass is 10.1. The molecule has 2 N–H and O–H groups in total. The fraction of sp³-hybridized carbons (Fsp3) is 0.529. The van der Waals surface area contributed by atoms with E-state index in [1.807, 2.05) is 26.0 Å². The zero-order valence-corrected chi connectivity index (χ0v) is 15.2. The summed E-state index contributed by atoms with van der Waals surface area (Å²) in [5.74, 6) is -2.67. The van der Waals surface area contributed by atoms with Crippen molar-refractivity contribution in [3.05, 3.63) is 28.3 Å². The summed E-state index contributed by atoms with van der Waals surface area (Å²) in [6.45, 7) is 9.70. The van der Waals surface area contributed by atoms with Gasteiger partial charge in [0.1, 0.15) is 5.75 Å². The van der Waals surface area contributed by atoms with Crippen LogP contribution in [-0.2, 0) is 14.3 Å². The van der Waals surface area contributed by atoms with Crippen LogP contribution in [-0.4, -0.2) is 66.5 Å². The molecule has 0 aliphatic carbocycles. The monoisotopic (exact) mass is 373 g/mol. The second-order valence-corrected chi connectivity index (χ2v) is 6.07. The van der Waals surface area contributed by atoms with E-state index in [1.165, 1.54) is 0 Å². The first-order chi connectivity index (χ1) is 11.8. The molecule has 0 bridgehead atoms. The fourth-order valence-electron chi connectivity index (χ4n) is 2.41. The molecule has 1 heterocycles. The van der Waals surface area contributed by atoms with Crippen LogP contribution in [0.15, 0.2) is 12.1 Å². The van der Waals surface area contributed by atoms with E-state index < -0.39 is 11.9 Å². The zero-order chi connectivity index (χ0) is 18.8. The Morgan fingerprint density at radius 3 is 2.16 bits per heavy atom. The van der Waals surface area contributed by atoms with Gasteiger partial charge in [-0.15, -0.1) is 0 Å². The van der Waals surface area contributed by atoms with Gasteiger partial charge in [0.25, 0.3) is 0 Å². The molecule has 0 amide bonds. The fourth-order valence-corrected chi connectivity index (χ4v) is 2.74. The van der Waals surface area contributed by atoms with E-state index >= 15 is 0 Å². The Balaban J connectivity index is 0.000000450. The van der Waals surface area contributed by atoms with E-state index in [2.05, 4.69) is 4.90 Å². The normalized spacial score (nSPS) is 14.4. The minimum Gasteiger partial charge on any atom is -0.493 e. The number of hydrogen-bond donors (Lipinski definition) is 2. The van der Waals surface area contributed by atoms with Crippen molar-refractivity contribution in [1.82, 2.24) is 4.90 Å². The number of morpholine rings is 1. The van der Waals surface area contributed by atoms with Crippen molar-refractivity contribution in [3.8, 4) is 5.75 Å². The molecule has 0 atom stereocenters. The molecular formula is C17H24ClNO6. The summed E-state index contributed by atoms with van der Waals surface area (Å²) in [7, 11) is 0. The van der Waals surface area contributed by atoms with Crippen LogP contribution < -0.4 is 4.74 Å². The molecule has 1 aliphatic heterocycles. The summed E-state index contributed by atoms with van der Waals surface area (Å²) in [5, 5.41) is 15.6. The molecule has 7 nitrogen and oxygen atoms in total. The van der Waals surface area contributed by atoms with E-state index in [1.54, 1.807) is 0 Å². The van der Waals surface area contributed by atoms with Crippen LogP contribution in [0, 0.1) is 13.8 Å². The van der Waals surface area contributed by atoms with Gasteiger partial charge in [0.2, 0.25) is 0 Å². The van der Waals surface area contributed by atoms with Crippen LogP contribution in [0.25, 0.3) is 0 Å². The van der Waals surface area contributed by atoms with E-state index in [0.717, 1.165) is 67.8 Å². The van der Waals surface area contributed by atoms with Gasteiger partial charge in [-0.25, -0.2) is 9.59 Å². The molecule has 25 heavy (non-hydrogen) atoms. The summed E-state index contributed by atoms with van der Waals surface area (Å²) >= 11 is 6.01. The first kappa shape index (κ1) is 21.2. The molecule has 1 aliphatic rings. The second kappa shape index (κ2) is 10.9. The van der Waals surface area contributed by atoms with Crippen molar-refractivity contribution in [2.24, 2.45) is 0 Å². The molecule has 0 aromatic heterocycles.